The van der Waals surface area contributed by atoms with Crippen LogP contribution >= 0.6 is 11.6 Å². The smallest absolute Gasteiger partial charge is 0.187 e. The van der Waals surface area contributed by atoms with Crippen LogP contribution in [0.3, 0.4) is 0 Å². The first kappa shape index (κ1) is 16.0. The van der Waals surface area contributed by atoms with Crippen LogP contribution in [0.1, 0.15) is 25.7 Å². The second kappa shape index (κ2) is 7.62. The molecule has 2 N–H and O–H groups in total. The fourth-order valence-corrected chi connectivity index (χ4v) is 2.94. The second-order valence-corrected chi connectivity index (χ2v) is 6.27. The SMILES string of the molecule is OCC1CCC(Nc2ncncc2Oc2ccc(Cl)cc2)CC1. The Labute approximate surface area is 140 Å². The molecule has 122 valence electrons. The van der Waals surface area contributed by atoms with Gasteiger partial charge in [0.2, 0.25) is 0 Å². The van der Waals surface area contributed by atoms with Gasteiger partial charge in [0, 0.05) is 17.7 Å². The summed E-state index contributed by atoms with van der Waals surface area (Å²) in [5, 5.41) is 13.3. The standard InChI is InChI=1S/C17H20ClN3O2/c18-13-3-7-15(8-4-13)23-16-9-19-11-20-17(16)21-14-5-1-12(10-22)2-6-14/h3-4,7-9,11-12,14,22H,1-2,5-6,10H2,(H,19,20,21). The number of nitrogens with zero attached hydrogens (tertiary/aromatic N) is 2. The Balaban J connectivity index is 1.67. The monoisotopic (exact) mass is 333 g/mol. The number of hydrogen-bond acceptors (Lipinski definition) is 5. The molecule has 23 heavy (non-hydrogen) atoms. The molecule has 0 spiro atoms. The van der Waals surface area contributed by atoms with Crippen LogP contribution in [-0.4, -0.2) is 27.7 Å². The minimum absolute atomic E-state index is 0.283. The summed E-state index contributed by atoms with van der Waals surface area (Å²) in [5.74, 6) is 2.42. The maximum atomic E-state index is 9.22. The summed E-state index contributed by atoms with van der Waals surface area (Å²) in [6.45, 7) is 0.283. The first-order valence-corrected chi connectivity index (χ1v) is 8.23. The van der Waals surface area contributed by atoms with Crippen LogP contribution in [-0.2, 0) is 0 Å². The summed E-state index contributed by atoms with van der Waals surface area (Å²) in [7, 11) is 0. The van der Waals surface area contributed by atoms with E-state index in [1.54, 1.807) is 18.3 Å². The summed E-state index contributed by atoms with van der Waals surface area (Å²) in [6.07, 6.45) is 7.28. The van der Waals surface area contributed by atoms with E-state index in [-0.39, 0.29) is 6.61 Å². The second-order valence-electron chi connectivity index (χ2n) is 5.84. The van der Waals surface area contributed by atoms with Crippen molar-refractivity contribution in [2.45, 2.75) is 31.7 Å². The lowest BCUT2D eigenvalue weighted by Gasteiger charge is -2.28. The predicted molar refractivity (Wildman–Crippen MR) is 90.0 cm³/mol. The number of benzene rings is 1. The molecule has 0 amide bonds. The van der Waals surface area contributed by atoms with Crippen LogP contribution in [0.5, 0.6) is 11.5 Å². The number of halogens is 1. The van der Waals surface area contributed by atoms with E-state index in [0.29, 0.717) is 34.3 Å². The molecule has 1 aliphatic carbocycles. The van der Waals surface area contributed by atoms with E-state index in [9.17, 15) is 5.11 Å². The highest BCUT2D eigenvalue weighted by molar-refractivity contribution is 6.30. The molecule has 0 radical (unpaired) electrons. The highest BCUT2D eigenvalue weighted by atomic mass is 35.5. The van der Waals surface area contributed by atoms with Gasteiger partial charge >= 0.3 is 0 Å². The maximum absolute atomic E-state index is 9.22. The number of aliphatic hydroxyl groups excluding tert-OH is 1. The first-order valence-electron chi connectivity index (χ1n) is 7.85. The molecular weight excluding hydrogens is 314 g/mol. The van der Waals surface area contributed by atoms with Gasteiger partial charge < -0.3 is 15.2 Å². The van der Waals surface area contributed by atoms with Crippen molar-refractivity contribution in [3.05, 3.63) is 41.8 Å². The van der Waals surface area contributed by atoms with Gasteiger partial charge in [0.25, 0.3) is 0 Å². The minimum atomic E-state index is 0.283. The quantitative estimate of drug-likeness (QED) is 0.869. The van der Waals surface area contributed by atoms with Crippen LogP contribution in [0.4, 0.5) is 5.82 Å². The van der Waals surface area contributed by atoms with Crippen molar-refractivity contribution >= 4 is 17.4 Å². The summed E-state index contributed by atoms with van der Waals surface area (Å²) in [5.41, 5.74) is 0. The largest absolute Gasteiger partial charge is 0.452 e. The van der Waals surface area contributed by atoms with E-state index in [4.69, 9.17) is 16.3 Å². The molecule has 1 heterocycles. The van der Waals surface area contributed by atoms with Gasteiger partial charge in [-0.1, -0.05) is 11.6 Å². The first-order chi connectivity index (χ1) is 11.2. The zero-order valence-corrected chi connectivity index (χ0v) is 13.5. The Bertz CT molecular complexity index is 628. The Hall–Kier alpha value is -1.85. The van der Waals surface area contributed by atoms with Gasteiger partial charge in [-0.05, 0) is 55.9 Å². The van der Waals surface area contributed by atoms with E-state index in [1.165, 1.54) is 6.33 Å². The van der Waals surface area contributed by atoms with E-state index in [1.807, 2.05) is 12.1 Å². The number of anilines is 1. The molecule has 5 nitrogen and oxygen atoms in total. The molecule has 2 aromatic rings. The van der Waals surface area contributed by atoms with Gasteiger partial charge in [0.05, 0.1) is 6.20 Å². The third-order valence-corrected chi connectivity index (χ3v) is 4.42. The highest BCUT2D eigenvalue weighted by Crippen LogP contribution is 2.31. The van der Waals surface area contributed by atoms with Crippen molar-refractivity contribution in [1.82, 2.24) is 9.97 Å². The number of aromatic nitrogens is 2. The van der Waals surface area contributed by atoms with Gasteiger partial charge in [-0.15, -0.1) is 0 Å². The lowest BCUT2D eigenvalue weighted by molar-refractivity contribution is 0.185. The summed E-state index contributed by atoms with van der Waals surface area (Å²) in [4.78, 5) is 8.35. The van der Waals surface area contributed by atoms with Crippen molar-refractivity contribution in [1.29, 1.82) is 0 Å². The fraction of sp³-hybridized carbons (Fsp3) is 0.412. The zero-order chi connectivity index (χ0) is 16.1. The van der Waals surface area contributed by atoms with Gasteiger partial charge in [0.15, 0.2) is 11.6 Å². The summed E-state index contributed by atoms with van der Waals surface area (Å²) >= 11 is 5.89. The minimum Gasteiger partial charge on any atom is -0.452 e. The molecule has 0 saturated heterocycles. The molecule has 3 rings (SSSR count). The molecular formula is C17H20ClN3O2. The maximum Gasteiger partial charge on any atom is 0.187 e. The summed E-state index contributed by atoms with van der Waals surface area (Å²) in [6, 6.07) is 7.53. The van der Waals surface area contributed by atoms with E-state index in [0.717, 1.165) is 25.7 Å². The lowest BCUT2D eigenvalue weighted by Crippen LogP contribution is -2.27. The molecule has 1 aromatic heterocycles. The van der Waals surface area contributed by atoms with Gasteiger partial charge in [0.1, 0.15) is 12.1 Å². The van der Waals surface area contributed by atoms with Crippen LogP contribution in [0.25, 0.3) is 0 Å². The Morgan fingerprint density at radius 3 is 2.61 bits per heavy atom. The van der Waals surface area contributed by atoms with Crippen LogP contribution < -0.4 is 10.1 Å². The fourth-order valence-electron chi connectivity index (χ4n) is 2.81. The van der Waals surface area contributed by atoms with Crippen molar-refractivity contribution in [3.8, 4) is 11.5 Å². The Morgan fingerprint density at radius 2 is 1.91 bits per heavy atom. The normalized spacial score (nSPS) is 21.0. The van der Waals surface area contributed by atoms with Crippen LogP contribution in [0.15, 0.2) is 36.8 Å². The average molecular weight is 334 g/mol. The predicted octanol–water partition coefficient (Wildman–Crippen LogP) is 3.89. The van der Waals surface area contributed by atoms with Gasteiger partial charge in [-0.25, -0.2) is 9.97 Å². The number of ether oxygens (including phenoxy) is 1. The molecule has 1 fully saturated rings. The third kappa shape index (κ3) is 4.33. The summed E-state index contributed by atoms with van der Waals surface area (Å²) < 4.78 is 5.86. The molecule has 1 aliphatic rings. The number of hydrogen-bond donors (Lipinski definition) is 2. The zero-order valence-electron chi connectivity index (χ0n) is 12.8. The van der Waals surface area contributed by atoms with Crippen LogP contribution in [0, 0.1) is 5.92 Å². The molecule has 6 heteroatoms. The van der Waals surface area contributed by atoms with Crippen molar-refractivity contribution in [2.24, 2.45) is 5.92 Å². The van der Waals surface area contributed by atoms with Crippen molar-refractivity contribution in [2.75, 3.05) is 11.9 Å². The molecule has 0 atom stereocenters. The Kier molecular flexibility index (Phi) is 5.31. The Morgan fingerprint density at radius 1 is 1.17 bits per heavy atom. The van der Waals surface area contributed by atoms with Crippen molar-refractivity contribution in [3.63, 3.8) is 0 Å². The topological polar surface area (TPSA) is 67.3 Å². The lowest BCUT2D eigenvalue weighted by atomic mass is 9.86. The molecule has 1 aromatic carbocycles. The number of nitrogens with one attached hydrogen (secondary N) is 1. The molecule has 1 saturated carbocycles. The average Bonchev–Trinajstić information content (AvgIpc) is 2.59. The molecule has 0 unspecified atom stereocenters. The number of rotatable bonds is 5. The molecule has 0 bridgehead atoms. The van der Waals surface area contributed by atoms with Crippen molar-refractivity contribution < 1.29 is 9.84 Å². The van der Waals surface area contributed by atoms with E-state index >= 15 is 0 Å². The van der Waals surface area contributed by atoms with Gasteiger partial charge in [-0.3, -0.25) is 0 Å². The van der Waals surface area contributed by atoms with E-state index in [2.05, 4.69) is 15.3 Å². The molecule has 0 aliphatic heterocycles. The number of aliphatic hydroxyl groups is 1. The van der Waals surface area contributed by atoms with E-state index < -0.39 is 0 Å². The highest BCUT2D eigenvalue weighted by Gasteiger charge is 2.21. The third-order valence-electron chi connectivity index (χ3n) is 4.17. The van der Waals surface area contributed by atoms with Gasteiger partial charge in [-0.2, -0.15) is 0 Å². The van der Waals surface area contributed by atoms with Crippen LogP contribution in [0.2, 0.25) is 5.02 Å².